The average Bonchev–Trinajstić information content (AvgIpc) is 3.08. The van der Waals surface area contributed by atoms with E-state index >= 15 is 0 Å². The Morgan fingerprint density at radius 1 is 1.22 bits per heavy atom. The fraction of sp³-hybridized carbons (Fsp3) is 0.389. The van der Waals surface area contributed by atoms with Crippen molar-refractivity contribution in [1.29, 1.82) is 0 Å². The van der Waals surface area contributed by atoms with Crippen LogP contribution in [0.1, 0.15) is 39.2 Å². The monoisotopic (exact) mass is 430 g/mol. The minimum absolute atomic E-state index is 0.219. The zero-order chi connectivity index (χ0) is 19.8. The minimum Gasteiger partial charge on any atom is -0.461 e. The summed E-state index contributed by atoms with van der Waals surface area (Å²) in [5.41, 5.74) is 0.638. The van der Waals surface area contributed by atoms with Gasteiger partial charge in [-0.1, -0.05) is 23.2 Å². The van der Waals surface area contributed by atoms with Crippen LogP contribution in [0.5, 0.6) is 0 Å². The number of aromatic nitrogens is 1. The molecule has 27 heavy (non-hydrogen) atoms. The van der Waals surface area contributed by atoms with Crippen molar-refractivity contribution < 1.29 is 19.1 Å². The van der Waals surface area contributed by atoms with Crippen molar-refractivity contribution in [2.24, 2.45) is 0 Å². The molecule has 0 aliphatic rings. The first-order chi connectivity index (χ1) is 12.9. The number of methoxy groups -OCH3 is 1. The number of hydrogen-bond donors (Lipinski definition) is 0. The number of rotatable bonds is 9. The van der Waals surface area contributed by atoms with Gasteiger partial charge in [-0.25, -0.2) is 9.78 Å². The lowest BCUT2D eigenvalue weighted by Gasteiger charge is -2.22. The highest BCUT2D eigenvalue weighted by molar-refractivity contribution is 7.09. The van der Waals surface area contributed by atoms with Gasteiger partial charge in [-0.2, -0.15) is 0 Å². The molecular formula is C18H20Cl2N2O4S. The van der Waals surface area contributed by atoms with Crippen LogP contribution in [0.3, 0.4) is 0 Å². The maximum absolute atomic E-state index is 12.9. The van der Waals surface area contributed by atoms with Crippen molar-refractivity contribution in [3.63, 3.8) is 0 Å². The molecule has 2 aromatic rings. The molecule has 9 heteroatoms. The van der Waals surface area contributed by atoms with Gasteiger partial charge in [0.15, 0.2) is 5.69 Å². The molecule has 1 aromatic heterocycles. The molecule has 0 bridgehead atoms. The summed E-state index contributed by atoms with van der Waals surface area (Å²) in [6.45, 7) is 3.26. The Morgan fingerprint density at radius 3 is 2.56 bits per heavy atom. The second-order valence-corrected chi connectivity index (χ2v) is 7.39. The Kier molecular flexibility index (Phi) is 8.50. The van der Waals surface area contributed by atoms with E-state index in [0.717, 1.165) is 0 Å². The van der Waals surface area contributed by atoms with Gasteiger partial charge in [-0.3, -0.25) is 4.79 Å². The Balaban J connectivity index is 2.18. The van der Waals surface area contributed by atoms with Crippen LogP contribution >= 0.6 is 34.5 Å². The summed E-state index contributed by atoms with van der Waals surface area (Å²) in [6, 6.07) is 4.72. The van der Waals surface area contributed by atoms with Gasteiger partial charge in [-0.15, -0.1) is 11.3 Å². The Hall–Kier alpha value is -1.67. The molecule has 0 N–H and O–H groups in total. The zero-order valence-electron chi connectivity index (χ0n) is 15.0. The predicted octanol–water partition coefficient (Wildman–Crippen LogP) is 4.31. The van der Waals surface area contributed by atoms with Crippen LogP contribution < -0.4 is 0 Å². The van der Waals surface area contributed by atoms with Crippen LogP contribution in [0.25, 0.3) is 0 Å². The molecule has 0 aliphatic heterocycles. The summed E-state index contributed by atoms with van der Waals surface area (Å²) in [6.07, 6.45) is 0.659. The minimum atomic E-state index is -0.473. The van der Waals surface area contributed by atoms with E-state index in [1.165, 1.54) is 11.3 Å². The van der Waals surface area contributed by atoms with Crippen LogP contribution in [-0.2, 0) is 16.0 Å². The third kappa shape index (κ3) is 6.46. The first-order valence-corrected chi connectivity index (χ1v) is 9.94. The maximum atomic E-state index is 12.9. The van der Waals surface area contributed by atoms with E-state index in [0.29, 0.717) is 40.2 Å². The van der Waals surface area contributed by atoms with E-state index < -0.39 is 5.97 Å². The second-order valence-electron chi connectivity index (χ2n) is 5.58. The average molecular weight is 431 g/mol. The fourth-order valence-corrected chi connectivity index (χ4v) is 3.66. The van der Waals surface area contributed by atoms with Gasteiger partial charge in [0.2, 0.25) is 0 Å². The molecule has 0 spiro atoms. The molecule has 1 aromatic carbocycles. The van der Waals surface area contributed by atoms with Crippen molar-refractivity contribution in [2.45, 2.75) is 19.9 Å². The van der Waals surface area contributed by atoms with Crippen LogP contribution in [0.15, 0.2) is 23.6 Å². The molecule has 0 aliphatic carbocycles. The van der Waals surface area contributed by atoms with Crippen LogP contribution in [0, 0.1) is 0 Å². The van der Waals surface area contributed by atoms with E-state index in [1.807, 2.05) is 0 Å². The number of carbonyl (C=O) groups is 2. The predicted molar refractivity (Wildman–Crippen MR) is 106 cm³/mol. The first-order valence-electron chi connectivity index (χ1n) is 8.30. The van der Waals surface area contributed by atoms with Crippen molar-refractivity contribution in [3.8, 4) is 0 Å². The first kappa shape index (κ1) is 21.6. The maximum Gasteiger partial charge on any atom is 0.357 e. The summed E-state index contributed by atoms with van der Waals surface area (Å²) in [7, 11) is 1.61. The molecular weight excluding hydrogens is 411 g/mol. The molecule has 6 nitrogen and oxygen atoms in total. The van der Waals surface area contributed by atoms with Crippen molar-refractivity contribution in [2.75, 3.05) is 26.9 Å². The van der Waals surface area contributed by atoms with E-state index in [4.69, 9.17) is 32.7 Å². The van der Waals surface area contributed by atoms with Crippen LogP contribution in [0.4, 0.5) is 0 Å². The van der Waals surface area contributed by atoms with E-state index in [9.17, 15) is 9.59 Å². The number of esters is 1. The van der Waals surface area contributed by atoms with Gasteiger partial charge < -0.3 is 14.4 Å². The molecule has 0 saturated heterocycles. The SMILES string of the molecule is CCOC(=O)c1csc(CN(CCCOC)C(=O)c2cc(Cl)cc(Cl)c2)n1. The highest BCUT2D eigenvalue weighted by Gasteiger charge is 2.20. The van der Waals surface area contributed by atoms with Gasteiger partial charge in [0.05, 0.1) is 13.2 Å². The van der Waals surface area contributed by atoms with Crippen LogP contribution in [-0.4, -0.2) is 48.6 Å². The van der Waals surface area contributed by atoms with Gasteiger partial charge in [0.25, 0.3) is 5.91 Å². The van der Waals surface area contributed by atoms with E-state index in [1.54, 1.807) is 42.5 Å². The summed E-state index contributed by atoms with van der Waals surface area (Å²) >= 11 is 13.3. The molecule has 1 heterocycles. The number of amides is 1. The summed E-state index contributed by atoms with van der Waals surface area (Å²) in [4.78, 5) is 30.6. The number of benzene rings is 1. The van der Waals surface area contributed by atoms with Gasteiger partial charge >= 0.3 is 5.97 Å². The molecule has 0 radical (unpaired) electrons. The Labute approximate surface area is 172 Å². The van der Waals surface area contributed by atoms with Crippen molar-refractivity contribution >= 4 is 46.4 Å². The molecule has 146 valence electrons. The molecule has 0 unspecified atom stereocenters. The largest absolute Gasteiger partial charge is 0.461 e. The molecule has 0 atom stereocenters. The van der Waals surface area contributed by atoms with Crippen molar-refractivity contribution in [1.82, 2.24) is 9.88 Å². The lowest BCUT2D eigenvalue weighted by molar-refractivity contribution is 0.0520. The number of carbonyl (C=O) groups excluding carboxylic acids is 2. The summed E-state index contributed by atoms with van der Waals surface area (Å²) in [5.74, 6) is -0.692. The molecule has 0 fully saturated rings. The standard InChI is InChI=1S/C18H20Cl2N2O4S/c1-3-26-18(24)15-11-27-16(21-15)10-22(5-4-6-25-2)17(23)12-7-13(19)9-14(20)8-12/h7-9,11H,3-6,10H2,1-2H3. The lowest BCUT2D eigenvalue weighted by Crippen LogP contribution is -2.32. The highest BCUT2D eigenvalue weighted by Crippen LogP contribution is 2.22. The Bertz CT molecular complexity index is 777. The number of nitrogens with zero attached hydrogens (tertiary/aromatic N) is 2. The third-order valence-electron chi connectivity index (χ3n) is 3.54. The molecule has 2 rings (SSSR count). The van der Waals surface area contributed by atoms with E-state index in [2.05, 4.69) is 4.98 Å². The topological polar surface area (TPSA) is 68.7 Å². The zero-order valence-corrected chi connectivity index (χ0v) is 17.4. The third-order valence-corrected chi connectivity index (χ3v) is 4.81. The highest BCUT2D eigenvalue weighted by atomic mass is 35.5. The van der Waals surface area contributed by atoms with Gasteiger partial charge in [0.1, 0.15) is 5.01 Å². The second kappa shape index (κ2) is 10.6. The smallest absolute Gasteiger partial charge is 0.357 e. The van der Waals surface area contributed by atoms with E-state index in [-0.39, 0.29) is 24.8 Å². The Morgan fingerprint density at radius 2 is 1.93 bits per heavy atom. The fourth-order valence-electron chi connectivity index (χ4n) is 2.36. The van der Waals surface area contributed by atoms with Gasteiger partial charge in [-0.05, 0) is 31.5 Å². The van der Waals surface area contributed by atoms with Crippen molar-refractivity contribution in [3.05, 3.63) is 49.9 Å². The quantitative estimate of drug-likeness (QED) is 0.437. The lowest BCUT2D eigenvalue weighted by atomic mass is 10.2. The molecule has 1 amide bonds. The number of hydrogen-bond acceptors (Lipinski definition) is 6. The summed E-state index contributed by atoms with van der Waals surface area (Å²) < 4.78 is 10.0. The summed E-state index contributed by atoms with van der Waals surface area (Å²) in [5, 5.41) is 3.04. The normalized spacial score (nSPS) is 10.7. The number of halogens is 2. The van der Waals surface area contributed by atoms with Crippen LogP contribution in [0.2, 0.25) is 10.0 Å². The van der Waals surface area contributed by atoms with Gasteiger partial charge in [0, 0.05) is 41.3 Å². The number of ether oxygens (including phenoxy) is 2. The number of thiazole rings is 1. The molecule has 0 saturated carbocycles.